The molecule has 0 saturated heterocycles. The number of nitrogens with one attached hydrogen (secondary N) is 2. The van der Waals surface area contributed by atoms with Gasteiger partial charge in [0.1, 0.15) is 6.07 Å². The highest BCUT2D eigenvalue weighted by molar-refractivity contribution is 6.45. The zero-order valence-corrected chi connectivity index (χ0v) is 11.0. The second-order valence-electron chi connectivity index (χ2n) is 4.51. The SMILES string of the molecule is CN1Cc2cc(N/N=C(\C#N)C(=N)N)ccc2CC1=O. The number of likely N-dealkylation sites (N-methyl/N-ethyl adjacent to an activating group) is 1. The highest BCUT2D eigenvalue weighted by Crippen LogP contribution is 2.22. The summed E-state index contributed by atoms with van der Waals surface area (Å²) in [5, 5.41) is 19.7. The summed E-state index contributed by atoms with van der Waals surface area (Å²) >= 11 is 0. The fourth-order valence-electron chi connectivity index (χ4n) is 1.92. The van der Waals surface area contributed by atoms with Gasteiger partial charge in [0.25, 0.3) is 0 Å². The van der Waals surface area contributed by atoms with E-state index in [9.17, 15) is 4.79 Å². The predicted octanol–water partition coefficient (Wildman–Crippen LogP) is 0.429. The summed E-state index contributed by atoms with van der Waals surface area (Å²) in [5.74, 6) is -0.289. The van der Waals surface area contributed by atoms with Gasteiger partial charge in [-0.25, -0.2) is 0 Å². The van der Waals surface area contributed by atoms with Crippen molar-refractivity contribution in [3.8, 4) is 6.07 Å². The van der Waals surface area contributed by atoms with E-state index in [-0.39, 0.29) is 17.5 Å². The molecule has 1 aliphatic heterocycles. The first-order chi connectivity index (χ1) is 9.51. The Labute approximate surface area is 116 Å². The molecule has 20 heavy (non-hydrogen) atoms. The Balaban J connectivity index is 2.21. The molecule has 0 fully saturated rings. The molecule has 1 amide bonds. The number of rotatable bonds is 3. The van der Waals surface area contributed by atoms with E-state index in [1.807, 2.05) is 12.1 Å². The van der Waals surface area contributed by atoms with Crippen molar-refractivity contribution in [3.05, 3.63) is 29.3 Å². The smallest absolute Gasteiger partial charge is 0.227 e. The Morgan fingerprint density at radius 1 is 1.55 bits per heavy atom. The molecule has 0 atom stereocenters. The highest BCUT2D eigenvalue weighted by Gasteiger charge is 2.19. The number of anilines is 1. The van der Waals surface area contributed by atoms with Gasteiger partial charge in [-0.05, 0) is 23.3 Å². The number of carbonyl (C=O) groups is 1. The number of amidine groups is 1. The van der Waals surface area contributed by atoms with Crippen LogP contribution in [-0.4, -0.2) is 29.4 Å². The Hall–Kier alpha value is -2.88. The van der Waals surface area contributed by atoms with Crippen molar-refractivity contribution in [1.29, 1.82) is 10.7 Å². The topological polar surface area (TPSA) is 118 Å². The molecule has 4 N–H and O–H groups in total. The molecule has 1 aliphatic rings. The van der Waals surface area contributed by atoms with Crippen LogP contribution in [0.1, 0.15) is 11.1 Å². The van der Waals surface area contributed by atoms with Crippen LogP contribution in [0.25, 0.3) is 0 Å². The maximum atomic E-state index is 11.6. The van der Waals surface area contributed by atoms with Gasteiger partial charge in [0.15, 0.2) is 5.84 Å². The van der Waals surface area contributed by atoms with Gasteiger partial charge in [0.2, 0.25) is 11.6 Å². The van der Waals surface area contributed by atoms with Crippen molar-refractivity contribution in [3.63, 3.8) is 0 Å². The number of benzene rings is 1. The third-order valence-electron chi connectivity index (χ3n) is 3.04. The number of nitriles is 1. The molecule has 0 bridgehead atoms. The molecule has 0 aromatic heterocycles. The van der Waals surface area contributed by atoms with Crippen LogP contribution in [0.2, 0.25) is 0 Å². The molecule has 0 aliphatic carbocycles. The summed E-state index contributed by atoms with van der Waals surface area (Å²) in [7, 11) is 1.76. The first-order valence-corrected chi connectivity index (χ1v) is 5.95. The van der Waals surface area contributed by atoms with Crippen molar-refractivity contribution < 1.29 is 4.79 Å². The normalized spacial score (nSPS) is 14.5. The molecule has 7 heteroatoms. The van der Waals surface area contributed by atoms with E-state index < -0.39 is 0 Å². The quantitative estimate of drug-likeness (QED) is 0.419. The molecule has 102 valence electrons. The average molecular weight is 270 g/mol. The minimum absolute atomic E-state index is 0.0968. The monoisotopic (exact) mass is 270 g/mol. The second kappa shape index (κ2) is 5.40. The molecule has 7 nitrogen and oxygen atoms in total. The molecule has 1 aromatic carbocycles. The first kappa shape index (κ1) is 13.5. The Morgan fingerprint density at radius 3 is 2.95 bits per heavy atom. The van der Waals surface area contributed by atoms with Crippen molar-refractivity contribution in [2.24, 2.45) is 10.8 Å². The number of carbonyl (C=O) groups excluding carboxylic acids is 1. The first-order valence-electron chi connectivity index (χ1n) is 5.95. The largest absolute Gasteiger partial charge is 0.382 e. The number of hydrogen-bond acceptors (Lipinski definition) is 5. The summed E-state index contributed by atoms with van der Waals surface area (Å²) in [6, 6.07) is 7.24. The second-order valence-corrected chi connectivity index (χ2v) is 4.51. The molecular weight excluding hydrogens is 256 g/mol. The van der Waals surface area contributed by atoms with Gasteiger partial charge in [-0.2, -0.15) is 10.4 Å². The van der Waals surface area contributed by atoms with Gasteiger partial charge >= 0.3 is 0 Å². The van der Waals surface area contributed by atoms with E-state index in [2.05, 4.69) is 10.5 Å². The zero-order chi connectivity index (χ0) is 14.7. The number of nitrogens with zero attached hydrogens (tertiary/aromatic N) is 3. The van der Waals surface area contributed by atoms with Crippen molar-refractivity contribution in [2.75, 3.05) is 12.5 Å². The van der Waals surface area contributed by atoms with Crippen molar-refractivity contribution in [2.45, 2.75) is 13.0 Å². The standard InChI is InChI=1S/C13H14N6O/c1-19-7-9-4-10(3-2-8(9)5-12(19)20)17-18-11(6-14)13(15)16/h2-4,17H,5,7H2,1H3,(H3,15,16)/b18-11+. The number of amides is 1. The van der Waals surface area contributed by atoms with E-state index in [4.69, 9.17) is 16.4 Å². The maximum absolute atomic E-state index is 11.6. The minimum atomic E-state index is -0.386. The Bertz CT molecular complexity index is 643. The minimum Gasteiger partial charge on any atom is -0.382 e. The number of fused-ring (bicyclic) bond motifs is 1. The summed E-state index contributed by atoms with van der Waals surface area (Å²) in [5.41, 5.74) is 10.4. The molecule has 2 rings (SSSR count). The van der Waals surface area contributed by atoms with Gasteiger partial charge in [0.05, 0.1) is 12.1 Å². The molecule has 0 radical (unpaired) electrons. The van der Waals surface area contributed by atoms with Crippen molar-refractivity contribution in [1.82, 2.24) is 4.90 Å². The van der Waals surface area contributed by atoms with Crippen LogP contribution in [0.4, 0.5) is 5.69 Å². The van der Waals surface area contributed by atoms with Crippen LogP contribution in [0.3, 0.4) is 0 Å². The van der Waals surface area contributed by atoms with E-state index >= 15 is 0 Å². The number of hydrazone groups is 1. The molecule has 0 unspecified atom stereocenters. The number of hydrogen-bond donors (Lipinski definition) is 3. The molecule has 0 saturated carbocycles. The lowest BCUT2D eigenvalue weighted by Crippen LogP contribution is -2.32. The van der Waals surface area contributed by atoms with Gasteiger partial charge in [-0.3, -0.25) is 15.6 Å². The summed E-state index contributed by atoms with van der Waals surface area (Å²) in [6.07, 6.45) is 0.395. The summed E-state index contributed by atoms with van der Waals surface area (Å²) in [4.78, 5) is 13.2. The molecule has 1 heterocycles. The van der Waals surface area contributed by atoms with Gasteiger partial charge in [-0.15, -0.1) is 0 Å². The lowest BCUT2D eigenvalue weighted by atomic mass is 9.99. The van der Waals surface area contributed by atoms with Crippen LogP contribution in [0.5, 0.6) is 0 Å². The molecule has 0 spiro atoms. The maximum Gasteiger partial charge on any atom is 0.227 e. The highest BCUT2D eigenvalue weighted by atomic mass is 16.2. The van der Waals surface area contributed by atoms with Crippen LogP contribution < -0.4 is 11.2 Å². The van der Waals surface area contributed by atoms with Crippen molar-refractivity contribution >= 4 is 23.1 Å². The van der Waals surface area contributed by atoms with Crippen LogP contribution in [0, 0.1) is 16.7 Å². The van der Waals surface area contributed by atoms with E-state index in [1.54, 1.807) is 24.1 Å². The fraction of sp³-hybridized carbons (Fsp3) is 0.231. The Morgan fingerprint density at radius 2 is 2.30 bits per heavy atom. The number of nitrogens with two attached hydrogens (primary N) is 1. The average Bonchev–Trinajstić information content (AvgIpc) is 2.40. The van der Waals surface area contributed by atoms with E-state index in [0.717, 1.165) is 11.1 Å². The predicted molar refractivity (Wildman–Crippen MR) is 75.2 cm³/mol. The van der Waals surface area contributed by atoms with Crippen LogP contribution >= 0.6 is 0 Å². The summed E-state index contributed by atoms with van der Waals surface area (Å²) < 4.78 is 0. The fourth-order valence-corrected chi connectivity index (χ4v) is 1.92. The third-order valence-corrected chi connectivity index (χ3v) is 3.04. The molecular formula is C13H14N6O. The van der Waals surface area contributed by atoms with Gasteiger partial charge in [-0.1, -0.05) is 6.07 Å². The van der Waals surface area contributed by atoms with E-state index in [1.165, 1.54) is 0 Å². The third kappa shape index (κ3) is 2.75. The van der Waals surface area contributed by atoms with Crippen LogP contribution in [0.15, 0.2) is 23.3 Å². The van der Waals surface area contributed by atoms with Gasteiger partial charge < -0.3 is 10.6 Å². The lowest BCUT2D eigenvalue weighted by Gasteiger charge is -2.25. The Kier molecular flexibility index (Phi) is 3.66. The van der Waals surface area contributed by atoms with Crippen LogP contribution in [-0.2, 0) is 17.8 Å². The summed E-state index contributed by atoms with van der Waals surface area (Å²) in [6.45, 7) is 0.547. The van der Waals surface area contributed by atoms with Gasteiger partial charge in [0, 0.05) is 13.6 Å². The zero-order valence-electron chi connectivity index (χ0n) is 11.0. The molecule has 1 aromatic rings. The lowest BCUT2D eigenvalue weighted by molar-refractivity contribution is -0.130. The van der Waals surface area contributed by atoms with E-state index in [0.29, 0.717) is 18.7 Å².